The maximum absolute atomic E-state index is 5.26. The largest absolute Gasteiger partial charge is 0.497 e. The third kappa shape index (κ3) is 7.06. The van der Waals surface area contributed by atoms with Crippen LogP contribution in [0.25, 0.3) is 0 Å². The van der Waals surface area contributed by atoms with Gasteiger partial charge in [0, 0.05) is 0 Å². The molecule has 0 N–H and O–H groups in total. The van der Waals surface area contributed by atoms with Crippen LogP contribution in [0.1, 0.15) is 0 Å². The molecule has 0 heterocycles. The van der Waals surface area contributed by atoms with Gasteiger partial charge in [-0.05, 0) is 84.9 Å². The number of methoxy groups -OCH3 is 1. The molecular formula is C37H32OS2+2. The number of benzene rings is 6. The Morgan fingerprint density at radius 1 is 0.300 bits per heavy atom. The highest BCUT2D eigenvalue weighted by Crippen LogP contribution is 2.32. The van der Waals surface area contributed by atoms with E-state index >= 15 is 0 Å². The highest BCUT2D eigenvalue weighted by atomic mass is 32.2. The highest BCUT2D eigenvalue weighted by molar-refractivity contribution is 7.97. The van der Waals surface area contributed by atoms with Gasteiger partial charge in [-0.3, -0.25) is 0 Å². The van der Waals surface area contributed by atoms with Crippen LogP contribution in [0.15, 0.2) is 205 Å². The number of rotatable bonds is 7. The minimum Gasteiger partial charge on any atom is -0.497 e. The Morgan fingerprint density at radius 3 is 0.750 bits per heavy atom. The van der Waals surface area contributed by atoms with E-state index in [9.17, 15) is 0 Å². The van der Waals surface area contributed by atoms with Crippen LogP contribution in [-0.2, 0) is 21.8 Å². The van der Waals surface area contributed by atoms with Gasteiger partial charge < -0.3 is 4.74 Å². The van der Waals surface area contributed by atoms with Crippen LogP contribution in [0.4, 0.5) is 0 Å². The normalized spacial score (nSPS) is 10.6. The Hall–Kier alpha value is -4.18. The first-order chi connectivity index (χ1) is 19.8. The lowest BCUT2D eigenvalue weighted by Gasteiger charge is -2.08. The van der Waals surface area contributed by atoms with Crippen molar-refractivity contribution in [3.63, 3.8) is 0 Å². The van der Waals surface area contributed by atoms with Crippen LogP contribution in [0.3, 0.4) is 0 Å². The molecule has 0 saturated heterocycles. The molecule has 0 aliphatic rings. The molecule has 0 aliphatic heterocycles. The van der Waals surface area contributed by atoms with E-state index in [0.717, 1.165) is 5.75 Å². The molecule has 0 spiro atoms. The van der Waals surface area contributed by atoms with Crippen LogP contribution in [0.5, 0.6) is 5.75 Å². The fourth-order valence-electron chi connectivity index (χ4n) is 4.31. The molecular weight excluding hydrogens is 525 g/mol. The van der Waals surface area contributed by atoms with Gasteiger partial charge in [0.05, 0.1) is 28.9 Å². The average molecular weight is 557 g/mol. The second kappa shape index (κ2) is 14.3. The van der Waals surface area contributed by atoms with Crippen molar-refractivity contribution in [1.29, 1.82) is 0 Å². The first-order valence-electron chi connectivity index (χ1n) is 13.2. The third-order valence-electron chi connectivity index (χ3n) is 6.19. The monoisotopic (exact) mass is 556 g/mol. The van der Waals surface area contributed by atoms with Gasteiger partial charge in [-0.2, -0.15) is 0 Å². The SMILES string of the molecule is COc1ccc([S+](c2ccccc2)c2ccccc2)cc1.c1ccc([S+](c2ccccc2)c2ccccc2)cc1. The fraction of sp³-hybridized carbons (Fsp3) is 0.0270. The lowest BCUT2D eigenvalue weighted by atomic mass is 10.3. The lowest BCUT2D eigenvalue weighted by molar-refractivity contribution is 0.414. The summed E-state index contributed by atoms with van der Waals surface area (Å²) in [7, 11) is 1.60. The molecule has 0 bridgehead atoms. The van der Waals surface area contributed by atoms with Crippen molar-refractivity contribution in [2.45, 2.75) is 29.4 Å². The van der Waals surface area contributed by atoms with Crippen molar-refractivity contribution in [2.24, 2.45) is 0 Å². The zero-order valence-electron chi connectivity index (χ0n) is 22.5. The van der Waals surface area contributed by atoms with Crippen molar-refractivity contribution >= 4 is 21.8 Å². The zero-order valence-corrected chi connectivity index (χ0v) is 24.1. The van der Waals surface area contributed by atoms with Crippen molar-refractivity contribution < 1.29 is 4.74 Å². The number of hydrogen-bond donors (Lipinski definition) is 0. The van der Waals surface area contributed by atoms with Crippen LogP contribution in [0, 0.1) is 0 Å². The molecule has 6 rings (SSSR count). The molecule has 0 unspecified atom stereocenters. The molecule has 6 aromatic rings. The summed E-state index contributed by atoms with van der Waals surface area (Å²) in [5, 5.41) is 0. The summed E-state index contributed by atoms with van der Waals surface area (Å²) >= 11 is 0. The van der Waals surface area contributed by atoms with Crippen molar-refractivity contribution in [1.82, 2.24) is 0 Å². The van der Waals surface area contributed by atoms with E-state index in [1.807, 2.05) is 12.1 Å². The van der Waals surface area contributed by atoms with Crippen molar-refractivity contribution in [2.75, 3.05) is 7.11 Å². The maximum Gasteiger partial charge on any atom is 0.166 e. The summed E-state index contributed by atoms with van der Waals surface area (Å²) in [6.07, 6.45) is 0. The standard InChI is InChI=1S/C19H17OS.C18H15S/c1-20-16-12-14-19(15-13-16)21(17-8-4-2-5-9-17)18-10-6-3-7-11-18;1-4-10-16(11-5-1)19(17-12-6-2-7-13-17)18-14-8-3-9-15-18/h2-15H,1H3;1-15H/q2*+1. The van der Waals surface area contributed by atoms with Gasteiger partial charge in [-0.1, -0.05) is 91.0 Å². The molecule has 40 heavy (non-hydrogen) atoms. The van der Waals surface area contributed by atoms with Gasteiger partial charge in [-0.15, -0.1) is 0 Å². The molecule has 1 nitrogen and oxygen atoms in total. The number of hydrogen-bond acceptors (Lipinski definition) is 1. The molecule has 0 saturated carbocycles. The lowest BCUT2D eigenvalue weighted by Crippen LogP contribution is -2.04. The Kier molecular flexibility index (Phi) is 9.77. The second-order valence-electron chi connectivity index (χ2n) is 8.85. The topological polar surface area (TPSA) is 9.23 Å². The van der Waals surface area contributed by atoms with E-state index < -0.39 is 0 Å². The van der Waals surface area contributed by atoms with Crippen LogP contribution in [-0.4, -0.2) is 7.11 Å². The smallest absolute Gasteiger partial charge is 0.166 e. The Bertz CT molecular complexity index is 1410. The van der Waals surface area contributed by atoms with E-state index in [2.05, 4.69) is 164 Å². The van der Waals surface area contributed by atoms with E-state index in [-0.39, 0.29) is 21.8 Å². The van der Waals surface area contributed by atoms with Gasteiger partial charge >= 0.3 is 0 Å². The van der Waals surface area contributed by atoms with E-state index in [1.54, 1.807) is 7.11 Å². The van der Waals surface area contributed by atoms with Gasteiger partial charge in [-0.25, -0.2) is 0 Å². The predicted molar refractivity (Wildman–Crippen MR) is 170 cm³/mol. The third-order valence-corrected chi connectivity index (χ3v) is 10.7. The summed E-state index contributed by atoms with van der Waals surface area (Å²) in [4.78, 5) is 8.04. The van der Waals surface area contributed by atoms with Gasteiger partial charge in [0.1, 0.15) is 5.75 Å². The van der Waals surface area contributed by atoms with Crippen molar-refractivity contribution in [3.8, 4) is 5.75 Å². The van der Waals surface area contributed by atoms with Crippen LogP contribution < -0.4 is 4.74 Å². The van der Waals surface area contributed by atoms with Crippen LogP contribution in [0.2, 0.25) is 0 Å². The molecule has 0 amide bonds. The quantitative estimate of drug-likeness (QED) is 0.178. The van der Waals surface area contributed by atoms with E-state index in [1.165, 1.54) is 29.4 Å². The minimum absolute atomic E-state index is 0.0146. The van der Waals surface area contributed by atoms with Gasteiger partial charge in [0.2, 0.25) is 0 Å². The minimum atomic E-state index is -0.0804. The van der Waals surface area contributed by atoms with E-state index in [0.29, 0.717) is 0 Å². The fourth-order valence-corrected chi connectivity index (χ4v) is 8.50. The summed E-state index contributed by atoms with van der Waals surface area (Å²) in [5.41, 5.74) is 0. The Labute approximate surface area is 243 Å². The Balaban J connectivity index is 0.000000162. The Morgan fingerprint density at radius 2 is 0.525 bits per heavy atom. The number of ether oxygens (including phenoxy) is 1. The maximum atomic E-state index is 5.26. The van der Waals surface area contributed by atoms with E-state index in [4.69, 9.17) is 4.74 Å². The molecule has 0 radical (unpaired) electrons. The second-order valence-corrected chi connectivity index (χ2v) is 12.9. The summed E-state index contributed by atoms with van der Waals surface area (Å²) < 4.78 is 5.26. The molecule has 0 atom stereocenters. The first-order valence-corrected chi connectivity index (χ1v) is 15.7. The first kappa shape index (κ1) is 27.4. The molecule has 0 aromatic heterocycles. The zero-order chi connectivity index (χ0) is 27.4. The van der Waals surface area contributed by atoms with Crippen LogP contribution >= 0.6 is 0 Å². The van der Waals surface area contributed by atoms with Gasteiger partial charge in [0.15, 0.2) is 29.4 Å². The summed E-state index contributed by atoms with van der Waals surface area (Å²) in [5.74, 6) is 0.892. The summed E-state index contributed by atoms with van der Waals surface area (Å²) in [6.45, 7) is 0. The van der Waals surface area contributed by atoms with Crippen molar-refractivity contribution in [3.05, 3.63) is 176 Å². The summed E-state index contributed by atoms with van der Waals surface area (Å²) in [6, 6.07) is 61.8. The highest BCUT2D eigenvalue weighted by Gasteiger charge is 2.28. The molecule has 3 heteroatoms. The molecule has 6 aromatic carbocycles. The molecule has 196 valence electrons. The molecule has 0 fully saturated rings. The van der Waals surface area contributed by atoms with Gasteiger partial charge in [0.25, 0.3) is 0 Å². The average Bonchev–Trinajstić information content (AvgIpc) is 3.05. The molecule has 0 aliphatic carbocycles. The predicted octanol–water partition coefficient (Wildman–Crippen LogP) is 9.57.